The van der Waals surface area contributed by atoms with Crippen molar-refractivity contribution in [1.82, 2.24) is 0 Å². The fourth-order valence-corrected chi connectivity index (χ4v) is 1.47. The summed E-state index contributed by atoms with van der Waals surface area (Å²) in [5, 5.41) is 0. The van der Waals surface area contributed by atoms with Gasteiger partial charge in [0.05, 0.1) is 0 Å². The molecule has 0 bridgehead atoms. The van der Waals surface area contributed by atoms with E-state index in [0.29, 0.717) is 18.6 Å². The number of Topliss-reactive ketones (excluding diaryl/α,β-unsaturated/α-hetero) is 1. The van der Waals surface area contributed by atoms with E-state index in [4.69, 9.17) is 14.1 Å². The third kappa shape index (κ3) is 14.7. The van der Waals surface area contributed by atoms with Crippen molar-refractivity contribution in [2.45, 2.75) is 32.6 Å². The van der Waals surface area contributed by atoms with Crippen LogP contribution >= 0.6 is 8.03 Å². The van der Waals surface area contributed by atoms with Crippen molar-refractivity contribution in [2.24, 2.45) is 0 Å². The predicted molar refractivity (Wildman–Crippen MR) is 75.9 cm³/mol. The average molecular weight is 305 g/mol. The third-order valence-corrected chi connectivity index (χ3v) is 2.68. The fraction of sp³-hybridized carbons (Fsp3) is 0.615. The molecule has 1 atom stereocenters. The van der Waals surface area contributed by atoms with Gasteiger partial charge < -0.3 is 9.53 Å². The molecule has 6 nitrogen and oxygen atoms in total. The summed E-state index contributed by atoms with van der Waals surface area (Å²) >= 11 is 0. The number of ketones is 1. The normalized spacial score (nSPS) is 10.0. The van der Waals surface area contributed by atoms with E-state index in [-0.39, 0.29) is 24.8 Å². The molecule has 0 N–H and O–H groups in total. The lowest BCUT2D eigenvalue weighted by molar-refractivity contribution is -0.147. The Balaban J connectivity index is 0. The second-order valence-corrected chi connectivity index (χ2v) is 5.09. The largest absolute Gasteiger partial charge is 0.504 e. The van der Waals surface area contributed by atoms with Gasteiger partial charge in [-0.1, -0.05) is 13.0 Å². The van der Waals surface area contributed by atoms with E-state index in [1.165, 1.54) is 6.66 Å². The van der Waals surface area contributed by atoms with Crippen LogP contribution in [0.4, 0.5) is 0 Å². The molecule has 0 saturated carbocycles. The number of rotatable bonds is 10. The summed E-state index contributed by atoms with van der Waals surface area (Å²) in [4.78, 5) is 30.3. The van der Waals surface area contributed by atoms with Crippen LogP contribution in [0.25, 0.3) is 0 Å². The van der Waals surface area contributed by atoms with Gasteiger partial charge in [-0.05, 0) is 29.9 Å². The van der Waals surface area contributed by atoms with Crippen molar-refractivity contribution in [2.75, 3.05) is 19.9 Å². The molecule has 1 unspecified atom stereocenters. The predicted octanol–water partition coefficient (Wildman–Crippen LogP) is 2.44. The van der Waals surface area contributed by atoms with E-state index < -0.39 is 8.03 Å². The zero-order valence-corrected chi connectivity index (χ0v) is 12.9. The SMILES string of the molecule is C=C(C)C(=O)COC(=O)CCCCCO[P+](C)=O.C=O. The van der Waals surface area contributed by atoms with Gasteiger partial charge >= 0.3 is 14.0 Å². The van der Waals surface area contributed by atoms with Crippen molar-refractivity contribution < 1.29 is 28.2 Å². The summed E-state index contributed by atoms with van der Waals surface area (Å²) in [6, 6.07) is 0. The Morgan fingerprint density at radius 2 is 1.75 bits per heavy atom. The monoisotopic (exact) mass is 305 g/mol. The summed E-state index contributed by atoms with van der Waals surface area (Å²) in [6.45, 7) is 8.76. The number of esters is 1. The molecule has 0 aliphatic rings. The zero-order valence-electron chi connectivity index (χ0n) is 12.1. The summed E-state index contributed by atoms with van der Waals surface area (Å²) in [7, 11) is -1.54. The molecule has 0 heterocycles. The molecule has 0 fully saturated rings. The smallest absolute Gasteiger partial charge is 0.457 e. The first-order chi connectivity index (χ1) is 9.43. The van der Waals surface area contributed by atoms with E-state index in [2.05, 4.69) is 6.58 Å². The highest BCUT2D eigenvalue weighted by molar-refractivity contribution is 7.38. The van der Waals surface area contributed by atoms with Gasteiger partial charge in [0.25, 0.3) is 0 Å². The summed E-state index contributed by atoms with van der Waals surface area (Å²) in [6.07, 6.45) is 2.51. The highest BCUT2D eigenvalue weighted by atomic mass is 31.1. The van der Waals surface area contributed by atoms with Crippen LogP contribution in [0.15, 0.2) is 12.2 Å². The van der Waals surface area contributed by atoms with Crippen molar-refractivity contribution in [3.05, 3.63) is 12.2 Å². The molecule has 0 radical (unpaired) electrons. The molecule has 114 valence electrons. The molecule has 0 aliphatic carbocycles. The van der Waals surface area contributed by atoms with Gasteiger partial charge in [-0.15, -0.1) is 4.52 Å². The third-order valence-electron chi connectivity index (χ3n) is 2.14. The Morgan fingerprint density at radius 3 is 2.25 bits per heavy atom. The molecule has 0 aromatic heterocycles. The Hall–Kier alpha value is -1.39. The lowest BCUT2D eigenvalue weighted by atomic mass is 10.2. The number of hydrogen-bond acceptors (Lipinski definition) is 6. The van der Waals surface area contributed by atoms with Gasteiger partial charge in [-0.2, -0.15) is 0 Å². The maximum absolute atomic E-state index is 11.2. The van der Waals surface area contributed by atoms with E-state index in [0.717, 1.165) is 12.8 Å². The molecule has 0 rings (SSSR count). The van der Waals surface area contributed by atoms with Crippen molar-refractivity contribution in [3.8, 4) is 0 Å². The molecule has 20 heavy (non-hydrogen) atoms. The maximum atomic E-state index is 11.2. The molecule has 0 aliphatic heterocycles. The van der Waals surface area contributed by atoms with Crippen LogP contribution in [0.3, 0.4) is 0 Å². The Morgan fingerprint density at radius 1 is 1.15 bits per heavy atom. The van der Waals surface area contributed by atoms with Gasteiger partial charge in [-0.3, -0.25) is 9.59 Å². The summed E-state index contributed by atoms with van der Waals surface area (Å²) < 4.78 is 20.3. The summed E-state index contributed by atoms with van der Waals surface area (Å²) in [5.41, 5.74) is 0.383. The van der Waals surface area contributed by atoms with Gasteiger partial charge in [0.1, 0.15) is 13.4 Å². The minimum absolute atomic E-state index is 0.229. The van der Waals surface area contributed by atoms with Crippen LogP contribution in [-0.4, -0.2) is 38.4 Å². The Labute approximate surface area is 120 Å². The van der Waals surface area contributed by atoms with Gasteiger partial charge in [-0.25, -0.2) is 0 Å². The van der Waals surface area contributed by atoms with Crippen LogP contribution in [0, 0.1) is 0 Å². The fourth-order valence-electron chi connectivity index (χ4n) is 1.08. The summed E-state index contributed by atoms with van der Waals surface area (Å²) in [5.74, 6) is -0.643. The first-order valence-corrected chi connectivity index (χ1v) is 7.73. The standard InChI is InChI=1S/C12H20O5P.CH2O/c1-10(2)11(13)9-16-12(14)7-5-4-6-8-17-18(3)15;1-2/h1,4-9H2,2-3H3;1H2/q+1;. The van der Waals surface area contributed by atoms with Crippen molar-refractivity contribution >= 4 is 26.6 Å². The number of ether oxygens (including phenoxy) is 1. The lowest BCUT2D eigenvalue weighted by Gasteiger charge is -2.03. The number of unbranched alkanes of at least 4 members (excludes halogenated alkanes) is 2. The second-order valence-electron chi connectivity index (χ2n) is 3.95. The van der Waals surface area contributed by atoms with Crippen LogP contribution in [0.2, 0.25) is 0 Å². The number of hydrogen-bond donors (Lipinski definition) is 0. The molecule has 7 heteroatoms. The highest BCUT2D eigenvalue weighted by Gasteiger charge is 2.08. The van der Waals surface area contributed by atoms with E-state index in [1.807, 2.05) is 6.79 Å². The maximum Gasteiger partial charge on any atom is 0.504 e. The molecular formula is C13H22O6P+. The van der Waals surface area contributed by atoms with E-state index in [1.54, 1.807) is 6.92 Å². The van der Waals surface area contributed by atoms with Crippen molar-refractivity contribution in [1.29, 1.82) is 0 Å². The average Bonchev–Trinajstić information content (AvgIpc) is 2.41. The van der Waals surface area contributed by atoms with Crippen LogP contribution in [0.5, 0.6) is 0 Å². The van der Waals surface area contributed by atoms with Gasteiger partial charge in [0.2, 0.25) is 0 Å². The molecule has 0 amide bonds. The van der Waals surface area contributed by atoms with Crippen LogP contribution in [-0.2, 0) is 28.2 Å². The molecule has 0 aromatic carbocycles. The Kier molecular flexibility index (Phi) is 14.7. The second kappa shape index (κ2) is 14.0. The molecule has 0 aromatic rings. The molecule has 0 saturated heterocycles. The minimum atomic E-state index is -1.54. The quantitative estimate of drug-likeness (QED) is 0.267. The number of carbonyl (C=O) groups excluding carboxylic acids is 3. The number of carbonyl (C=O) groups is 3. The Bertz CT molecular complexity index is 340. The zero-order chi connectivity index (χ0) is 16.0. The minimum Gasteiger partial charge on any atom is -0.457 e. The van der Waals surface area contributed by atoms with E-state index in [9.17, 15) is 14.2 Å². The van der Waals surface area contributed by atoms with Gasteiger partial charge in [0.15, 0.2) is 19.1 Å². The van der Waals surface area contributed by atoms with Crippen molar-refractivity contribution in [3.63, 3.8) is 0 Å². The molecule has 0 spiro atoms. The van der Waals surface area contributed by atoms with Gasteiger partial charge in [0, 0.05) is 6.42 Å². The van der Waals surface area contributed by atoms with Crippen LogP contribution < -0.4 is 0 Å². The highest BCUT2D eigenvalue weighted by Crippen LogP contribution is 2.15. The molecular weight excluding hydrogens is 283 g/mol. The lowest BCUT2D eigenvalue weighted by Crippen LogP contribution is -2.14. The topological polar surface area (TPSA) is 86.7 Å². The van der Waals surface area contributed by atoms with E-state index >= 15 is 0 Å². The van der Waals surface area contributed by atoms with Crippen LogP contribution in [0.1, 0.15) is 32.6 Å². The first kappa shape index (κ1) is 20.9. The first-order valence-electron chi connectivity index (χ1n) is 6.10.